The molecule has 3 saturated heterocycles. The molecular formula is C22H32N2O4. The molecule has 6 heteroatoms. The monoisotopic (exact) mass is 388 g/mol. The molecule has 1 spiro atoms. The summed E-state index contributed by atoms with van der Waals surface area (Å²) in [5, 5.41) is 20.3. The van der Waals surface area contributed by atoms with Gasteiger partial charge in [-0.15, -0.1) is 0 Å². The Labute approximate surface area is 167 Å². The van der Waals surface area contributed by atoms with E-state index in [2.05, 4.69) is 17.0 Å². The molecule has 1 amide bonds. The zero-order valence-electron chi connectivity index (χ0n) is 16.8. The molecule has 6 nitrogen and oxygen atoms in total. The van der Waals surface area contributed by atoms with Crippen molar-refractivity contribution >= 4 is 11.6 Å². The zero-order chi connectivity index (χ0) is 19.8. The number of piperidine rings is 2. The number of aliphatic hydroxyl groups excluding tert-OH is 1. The van der Waals surface area contributed by atoms with Crippen LogP contribution in [0.25, 0.3) is 0 Å². The molecule has 2 N–H and O–H groups in total. The van der Waals surface area contributed by atoms with Crippen molar-refractivity contribution in [3.8, 4) is 0 Å². The van der Waals surface area contributed by atoms with E-state index in [4.69, 9.17) is 4.74 Å². The van der Waals surface area contributed by atoms with Gasteiger partial charge in [0.2, 0.25) is 0 Å². The first-order chi connectivity index (χ1) is 13.4. The third kappa shape index (κ3) is 3.91. The van der Waals surface area contributed by atoms with Crippen molar-refractivity contribution in [2.75, 3.05) is 37.7 Å². The van der Waals surface area contributed by atoms with Gasteiger partial charge in [0.15, 0.2) is 0 Å². The molecule has 0 aromatic heterocycles. The molecule has 3 aliphatic rings. The highest BCUT2D eigenvalue weighted by Gasteiger charge is 2.49. The van der Waals surface area contributed by atoms with Gasteiger partial charge in [-0.2, -0.15) is 0 Å². The van der Waals surface area contributed by atoms with Gasteiger partial charge in [-0.25, -0.2) is 0 Å². The lowest BCUT2D eigenvalue weighted by molar-refractivity contribution is -0.221. The second-order valence-corrected chi connectivity index (χ2v) is 8.93. The van der Waals surface area contributed by atoms with Crippen molar-refractivity contribution in [3.05, 3.63) is 29.8 Å². The summed E-state index contributed by atoms with van der Waals surface area (Å²) in [5.74, 6) is 0.0580. The molecular weight excluding hydrogens is 356 g/mol. The summed E-state index contributed by atoms with van der Waals surface area (Å²) >= 11 is 0. The minimum Gasteiger partial charge on any atom is -0.388 e. The fourth-order valence-corrected chi connectivity index (χ4v) is 4.84. The van der Waals surface area contributed by atoms with Crippen LogP contribution >= 0.6 is 0 Å². The van der Waals surface area contributed by atoms with E-state index in [0.717, 1.165) is 18.7 Å². The molecule has 1 aromatic rings. The maximum absolute atomic E-state index is 12.9. The van der Waals surface area contributed by atoms with Crippen molar-refractivity contribution in [2.24, 2.45) is 0 Å². The van der Waals surface area contributed by atoms with Crippen LogP contribution in [0, 0.1) is 0 Å². The minimum atomic E-state index is -1.13. The van der Waals surface area contributed by atoms with E-state index >= 15 is 0 Å². The van der Waals surface area contributed by atoms with Crippen LogP contribution in [0.5, 0.6) is 0 Å². The number of hydrogen-bond donors (Lipinski definition) is 2. The summed E-state index contributed by atoms with van der Waals surface area (Å²) in [4.78, 5) is 17.2. The number of nitrogens with zero attached hydrogens (tertiary/aromatic N) is 2. The number of ether oxygens (including phenoxy) is 1. The van der Waals surface area contributed by atoms with E-state index in [1.54, 1.807) is 6.92 Å². The molecule has 0 aliphatic carbocycles. The van der Waals surface area contributed by atoms with Crippen molar-refractivity contribution in [1.29, 1.82) is 0 Å². The number of likely N-dealkylation sites (tertiary alicyclic amines) is 1. The van der Waals surface area contributed by atoms with Crippen molar-refractivity contribution in [1.82, 2.24) is 4.90 Å². The van der Waals surface area contributed by atoms with Gasteiger partial charge in [-0.05, 0) is 63.3 Å². The highest BCUT2D eigenvalue weighted by Crippen LogP contribution is 2.39. The van der Waals surface area contributed by atoms with Gasteiger partial charge in [-0.1, -0.05) is 0 Å². The van der Waals surface area contributed by atoms with Gasteiger partial charge < -0.3 is 24.7 Å². The Balaban J connectivity index is 1.36. The second kappa shape index (κ2) is 7.65. The lowest BCUT2D eigenvalue weighted by Crippen LogP contribution is -2.59. The van der Waals surface area contributed by atoms with Crippen molar-refractivity contribution < 1.29 is 19.7 Å². The molecule has 0 radical (unpaired) electrons. The minimum absolute atomic E-state index is 0.0580. The molecule has 3 aliphatic heterocycles. The summed E-state index contributed by atoms with van der Waals surface area (Å²) in [6.07, 6.45) is 4.72. The van der Waals surface area contributed by atoms with Crippen LogP contribution in [-0.2, 0) is 4.74 Å². The van der Waals surface area contributed by atoms with E-state index in [9.17, 15) is 15.0 Å². The first-order valence-electron chi connectivity index (χ1n) is 10.6. The van der Waals surface area contributed by atoms with E-state index < -0.39 is 17.3 Å². The summed E-state index contributed by atoms with van der Waals surface area (Å²) in [5.41, 5.74) is 0.362. The van der Waals surface area contributed by atoms with Gasteiger partial charge in [0.25, 0.3) is 5.91 Å². The lowest BCUT2D eigenvalue weighted by Gasteiger charge is -2.49. The van der Waals surface area contributed by atoms with Gasteiger partial charge in [0.1, 0.15) is 6.10 Å². The maximum atomic E-state index is 12.9. The molecule has 0 bridgehead atoms. The largest absolute Gasteiger partial charge is 0.388 e. The maximum Gasteiger partial charge on any atom is 0.253 e. The number of anilines is 1. The first-order valence-corrected chi connectivity index (χ1v) is 10.6. The zero-order valence-corrected chi connectivity index (χ0v) is 16.8. The fraction of sp³-hybridized carbons (Fsp3) is 0.682. The Bertz CT molecular complexity index is 689. The Kier molecular flexibility index (Phi) is 5.38. The highest BCUT2D eigenvalue weighted by molar-refractivity contribution is 5.94. The quantitative estimate of drug-likeness (QED) is 0.813. The van der Waals surface area contributed by atoms with Crippen molar-refractivity contribution in [3.63, 3.8) is 0 Å². The van der Waals surface area contributed by atoms with E-state index in [-0.39, 0.29) is 12.5 Å². The van der Waals surface area contributed by atoms with Crippen LogP contribution in [0.15, 0.2) is 24.3 Å². The SMILES string of the molecule is C[C@]1(O)CC2(CCN(C(=O)c3ccc(N4CCCCC4)cc3)CC2)OC[C@@H]1O. The Morgan fingerprint density at radius 1 is 1.07 bits per heavy atom. The number of amides is 1. The molecule has 0 unspecified atom stereocenters. The number of benzene rings is 1. The summed E-state index contributed by atoms with van der Waals surface area (Å²) in [7, 11) is 0. The number of rotatable bonds is 2. The molecule has 1 aromatic carbocycles. The molecule has 3 fully saturated rings. The number of carbonyl (C=O) groups is 1. The number of aliphatic hydroxyl groups is 2. The van der Waals surface area contributed by atoms with Gasteiger partial charge in [0, 0.05) is 43.9 Å². The van der Waals surface area contributed by atoms with E-state index in [0.29, 0.717) is 32.4 Å². The van der Waals surface area contributed by atoms with Crippen LogP contribution < -0.4 is 4.90 Å². The van der Waals surface area contributed by atoms with E-state index in [1.165, 1.54) is 24.9 Å². The third-order valence-electron chi connectivity index (χ3n) is 6.74. The van der Waals surface area contributed by atoms with Crippen LogP contribution in [-0.4, -0.2) is 71.1 Å². The predicted molar refractivity (Wildman–Crippen MR) is 108 cm³/mol. The van der Waals surface area contributed by atoms with Crippen LogP contribution in [0.1, 0.15) is 55.8 Å². The summed E-state index contributed by atoms with van der Waals surface area (Å²) in [6.45, 7) is 5.24. The van der Waals surface area contributed by atoms with E-state index in [1.807, 2.05) is 17.0 Å². The normalized spacial score (nSPS) is 30.5. The number of hydrogen-bond acceptors (Lipinski definition) is 5. The van der Waals surface area contributed by atoms with Gasteiger partial charge in [0.05, 0.1) is 17.8 Å². The standard InChI is InChI=1S/C22H32N2O4/c1-21(27)16-22(28-15-19(21)25)9-13-24(14-10-22)20(26)17-5-7-18(8-6-17)23-11-3-2-4-12-23/h5-8,19,25,27H,2-4,9-16H2,1H3/t19-,21-/m0/s1. The van der Waals surface area contributed by atoms with Gasteiger partial charge in [-0.3, -0.25) is 4.79 Å². The topological polar surface area (TPSA) is 73.2 Å². The fourth-order valence-electron chi connectivity index (χ4n) is 4.84. The Morgan fingerprint density at radius 3 is 2.32 bits per heavy atom. The smallest absolute Gasteiger partial charge is 0.253 e. The predicted octanol–water partition coefficient (Wildman–Crippen LogP) is 2.18. The third-order valence-corrected chi connectivity index (χ3v) is 6.74. The van der Waals surface area contributed by atoms with Gasteiger partial charge >= 0.3 is 0 Å². The van der Waals surface area contributed by atoms with Crippen LogP contribution in [0.3, 0.4) is 0 Å². The van der Waals surface area contributed by atoms with Crippen molar-refractivity contribution in [2.45, 2.75) is 62.8 Å². The lowest BCUT2D eigenvalue weighted by atomic mass is 9.76. The number of carbonyl (C=O) groups excluding carboxylic acids is 1. The average molecular weight is 389 g/mol. The Hall–Kier alpha value is -1.63. The molecule has 28 heavy (non-hydrogen) atoms. The van der Waals surface area contributed by atoms with Crippen LogP contribution in [0.2, 0.25) is 0 Å². The molecule has 154 valence electrons. The molecule has 0 saturated carbocycles. The molecule has 2 atom stereocenters. The molecule has 3 heterocycles. The second-order valence-electron chi connectivity index (χ2n) is 8.93. The Morgan fingerprint density at radius 2 is 1.71 bits per heavy atom. The average Bonchev–Trinajstić information content (AvgIpc) is 2.72. The highest BCUT2D eigenvalue weighted by atomic mass is 16.5. The van der Waals surface area contributed by atoms with Crippen LogP contribution in [0.4, 0.5) is 5.69 Å². The summed E-state index contributed by atoms with van der Waals surface area (Å²) in [6, 6.07) is 8.00. The summed E-state index contributed by atoms with van der Waals surface area (Å²) < 4.78 is 5.92. The first kappa shape index (κ1) is 19.7. The molecule has 4 rings (SSSR count).